The summed E-state index contributed by atoms with van der Waals surface area (Å²) in [4.78, 5) is 28.5. The Morgan fingerprint density at radius 3 is 2.38 bits per heavy atom. The largest absolute Gasteiger partial charge is 0.507 e. The molecule has 6 heteroatoms. The van der Waals surface area contributed by atoms with Crippen LogP contribution in [0.3, 0.4) is 0 Å². The number of ketones is 1. The molecular formula is C31H33NO5. The number of carbonyl (C=O) groups is 2. The molecule has 0 spiro atoms. The van der Waals surface area contributed by atoms with Crippen LogP contribution in [0.1, 0.15) is 56.0 Å². The number of anilines is 1. The number of ether oxygens (including phenoxy) is 2. The molecule has 1 atom stereocenters. The minimum Gasteiger partial charge on any atom is -0.507 e. The highest BCUT2D eigenvalue weighted by atomic mass is 16.5. The maximum absolute atomic E-state index is 13.5. The first kappa shape index (κ1) is 26.0. The molecule has 1 fully saturated rings. The van der Waals surface area contributed by atoms with Gasteiger partial charge in [-0.2, -0.15) is 0 Å². The van der Waals surface area contributed by atoms with E-state index >= 15 is 0 Å². The van der Waals surface area contributed by atoms with Gasteiger partial charge in [0.15, 0.2) is 0 Å². The van der Waals surface area contributed by atoms with E-state index in [0.717, 1.165) is 16.7 Å². The van der Waals surface area contributed by atoms with Crippen LogP contribution in [0.4, 0.5) is 5.69 Å². The van der Waals surface area contributed by atoms with Crippen LogP contribution in [0.5, 0.6) is 11.5 Å². The lowest BCUT2D eigenvalue weighted by atomic mass is 9.84. The van der Waals surface area contributed by atoms with Crippen molar-refractivity contribution in [2.45, 2.75) is 46.1 Å². The van der Waals surface area contributed by atoms with Gasteiger partial charge in [-0.05, 0) is 55.2 Å². The lowest BCUT2D eigenvalue weighted by Crippen LogP contribution is -2.29. The van der Waals surface area contributed by atoms with Crippen molar-refractivity contribution in [2.75, 3.05) is 18.6 Å². The third-order valence-electron chi connectivity index (χ3n) is 6.49. The molecule has 6 nitrogen and oxygen atoms in total. The number of carbonyl (C=O) groups excluding carboxylic acids is 2. The molecule has 4 rings (SSSR count). The van der Waals surface area contributed by atoms with E-state index in [1.54, 1.807) is 43.5 Å². The molecule has 0 aliphatic carbocycles. The SMILES string of the molecule is CCOc1cccc(N2C(=O)C(=O)/C(=C(\O)c3ccc(OC)c(C(C)(C)C)c3)C2c2cccc(C)c2)c1. The summed E-state index contributed by atoms with van der Waals surface area (Å²) in [5, 5.41) is 11.6. The van der Waals surface area contributed by atoms with Crippen LogP contribution in [0.15, 0.2) is 72.3 Å². The molecule has 192 valence electrons. The Morgan fingerprint density at radius 1 is 1.00 bits per heavy atom. The number of Topliss-reactive ketones (excluding diaryl/α,β-unsaturated/α-hetero) is 1. The highest BCUT2D eigenvalue weighted by molar-refractivity contribution is 6.51. The molecule has 3 aromatic carbocycles. The Morgan fingerprint density at radius 2 is 1.73 bits per heavy atom. The standard InChI is InChI=1S/C31H33NO5/c1-7-37-23-13-9-12-22(18-23)32-27(20-11-8-10-19(2)16-20)26(29(34)30(32)35)28(33)21-14-15-25(36-6)24(17-21)31(3,4)5/h8-18,27,33H,7H2,1-6H3/b28-26-. The average molecular weight is 500 g/mol. The van der Waals surface area contributed by atoms with Gasteiger partial charge in [-0.25, -0.2) is 0 Å². The summed E-state index contributed by atoms with van der Waals surface area (Å²) in [5.41, 5.74) is 3.32. The van der Waals surface area contributed by atoms with Crippen LogP contribution in [-0.2, 0) is 15.0 Å². The van der Waals surface area contributed by atoms with Crippen molar-refractivity contribution in [3.63, 3.8) is 0 Å². The number of rotatable bonds is 6. The van der Waals surface area contributed by atoms with Crippen LogP contribution in [0.25, 0.3) is 5.76 Å². The molecule has 1 aliphatic heterocycles. The molecule has 1 amide bonds. The molecule has 3 aromatic rings. The fourth-order valence-corrected chi connectivity index (χ4v) is 4.74. The number of nitrogens with zero attached hydrogens (tertiary/aromatic N) is 1. The maximum Gasteiger partial charge on any atom is 0.300 e. The molecule has 0 saturated carbocycles. The van der Waals surface area contributed by atoms with Crippen LogP contribution in [0.2, 0.25) is 0 Å². The van der Waals surface area contributed by atoms with Crippen molar-refractivity contribution in [1.82, 2.24) is 0 Å². The summed E-state index contributed by atoms with van der Waals surface area (Å²) in [6.45, 7) is 10.4. The fourth-order valence-electron chi connectivity index (χ4n) is 4.74. The van der Waals surface area contributed by atoms with E-state index < -0.39 is 17.7 Å². The van der Waals surface area contributed by atoms with Gasteiger partial charge in [0, 0.05) is 22.9 Å². The van der Waals surface area contributed by atoms with E-state index in [1.165, 1.54) is 4.90 Å². The summed E-state index contributed by atoms with van der Waals surface area (Å²) < 4.78 is 11.2. The second-order valence-corrected chi connectivity index (χ2v) is 10.2. The number of aliphatic hydroxyl groups excluding tert-OH is 1. The van der Waals surface area contributed by atoms with E-state index in [4.69, 9.17) is 9.47 Å². The second-order valence-electron chi connectivity index (χ2n) is 10.2. The van der Waals surface area contributed by atoms with Gasteiger partial charge in [-0.3, -0.25) is 14.5 Å². The topological polar surface area (TPSA) is 76.1 Å². The summed E-state index contributed by atoms with van der Waals surface area (Å²) >= 11 is 0. The van der Waals surface area contributed by atoms with Gasteiger partial charge in [0.2, 0.25) is 0 Å². The van der Waals surface area contributed by atoms with Crippen molar-refractivity contribution in [3.8, 4) is 11.5 Å². The van der Waals surface area contributed by atoms with E-state index in [1.807, 2.05) is 65.0 Å². The van der Waals surface area contributed by atoms with Gasteiger partial charge < -0.3 is 14.6 Å². The summed E-state index contributed by atoms with van der Waals surface area (Å²) in [7, 11) is 1.60. The summed E-state index contributed by atoms with van der Waals surface area (Å²) in [6, 6.07) is 19.2. The average Bonchev–Trinajstić information content (AvgIpc) is 3.13. The normalized spacial score (nSPS) is 17.2. The zero-order valence-electron chi connectivity index (χ0n) is 22.2. The molecule has 0 radical (unpaired) electrons. The van der Waals surface area contributed by atoms with E-state index in [-0.39, 0.29) is 16.7 Å². The Hall–Kier alpha value is -4.06. The lowest BCUT2D eigenvalue weighted by molar-refractivity contribution is -0.132. The number of aliphatic hydroxyl groups is 1. The fraction of sp³-hybridized carbons (Fsp3) is 0.290. The minimum atomic E-state index is -0.808. The number of amides is 1. The Bertz CT molecular complexity index is 1380. The first-order valence-corrected chi connectivity index (χ1v) is 12.4. The minimum absolute atomic E-state index is 0.0439. The zero-order chi connectivity index (χ0) is 26.9. The number of aryl methyl sites for hydroxylation is 1. The zero-order valence-corrected chi connectivity index (χ0v) is 22.2. The molecule has 1 aliphatic rings. The quantitative estimate of drug-likeness (QED) is 0.244. The van der Waals surface area contributed by atoms with Crippen molar-refractivity contribution in [2.24, 2.45) is 0 Å². The third kappa shape index (κ3) is 4.96. The van der Waals surface area contributed by atoms with Gasteiger partial charge >= 0.3 is 0 Å². The number of hydrogen-bond acceptors (Lipinski definition) is 5. The monoisotopic (exact) mass is 499 g/mol. The maximum atomic E-state index is 13.5. The summed E-state index contributed by atoms with van der Waals surface area (Å²) in [6.07, 6.45) is 0. The van der Waals surface area contributed by atoms with Crippen LogP contribution in [-0.4, -0.2) is 30.5 Å². The molecular weight excluding hydrogens is 466 g/mol. The summed E-state index contributed by atoms with van der Waals surface area (Å²) in [5.74, 6) is -0.381. The van der Waals surface area contributed by atoms with Gasteiger partial charge in [-0.1, -0.05) is 56.7 Å². The number of methoxy groups -OCH3 is 1. The van der Waals surface area contributed by atoms with Gasteiger partial charge in [-0.15, -0.1) is 0 Å². The van der Waals surface area contributed by atoms with E-state index in [2.05, 4.69) is 0 Å². The molecule has 0 bridgehead atoms. The van der Waals surface area contributed by atoms with Crippen LogP contribution >= 0.6 is 0 Å². The molecule has 1 saturated heterocycles. The predicted molar refractivity (Wildman–Crippen MR) is 145 cm³/mol. The van der Waals surface area contributed by atoms with Crippen molar-refractivity contribution in [3.05, 3.63) is 94.6 Å². The number of hydrogen-bond donors (Lipinski definition) is 1. The van der Waals surface area contributed by atoms with Gasteiger partial charge in [0.05, 0.1) is 25.3 Å². The first-order valence-electron chi connectivity index (χ1n) is 12.4. The Kier molecular flexibility index (Phi) is 7.12. The van der Waals surface area contributed by atoms with Gasteiger partial charge in [0.1, 0.15) is 17.3 Å². The molecule has 1 unspecified atom stereocenters. The molecule has 37 heavy (non-hydrogen) atoms. The lowest BCUT2D eigenvalue weighted by Gasteiger charge is -2.26. The third-order valence-corrected chi connectivity index (χ3v) is 6.49. The highest BCUT2D eigenvalue weighted by Gasteiger charge is 2.47. The van der Waals surface area contributed by atoms with Crippen molar-refractivity contribution >= 4 is 23.1 Å². The molecule has 0 aromatic heterocycles. The van der Waals surface area contributed by atoms with Crippen molar-refractivity contribution < 1.29 is 24.2 Å². The first-order chi connectivity index (χ1) is 17.6. The van der Waals surface area contributed by atoms with Crippen LogP contribution in [0, 0.1) is 6.92 Å². The Balaban J connectivity index is 1.95. The molecule has 1 heterocycles. The van der Waals surface area contributed by atoms with E-state index in [0.29, 0.717) is 29.4 Å². The Labute approximate surface area is 218 Å². The predicted octanol–water partition coefficient (Wildman–Crippen LogP) is 6.33. The highest BCUT2D eigenvalue weighted by Crippen LogP contribution is 2.44. The van der Waals surface area contributed by atoms with E-state index in [9.17, 15) is 14.7 Å². The van der Waals surface area contributed by atoms with Crippen molar-refractivity contribution in [1.29, 1.82) is 0 Å². The van der Waals surface area contributed by atoms with Crippen LogP contribution < -0.4 is 14.4 Å². The second kappa shape index (κ2) is 10.1. The smallest absolute Gasteiger partial charge is 0.300 e. The number of benzene rings is 3. The molecule has 1 N–H and O–H groups in total. The van der Waals surface area contributed by atoms with Gasteiger partial charge in [0.25, 0.3) is 11.7 Å².